The van der Waals surface area contributed by atoms with Gasteiger partial charge >= 0.3 is 0 Å². The van der Waals surface area contributed by atoms with Gasteiger partial charge in [0, 0.05) is 12.0 Å². The highest BCUT2D eigenvalue weighted by molar-refractivity contribution is 7.18. The summed E-state index contributed by atoms with van der Waals surface area (Å²) in [6.07, 6.45) is 2.95. The topological polar surface area (TPSA) is 93.2 Å². The van der Waals surface area contributed by atoms with Crippen LogP contribution in [0, 0.1) is 5.92 Å². The lowest BCUT2D eigenvalue weighted by Gasteiger charge is -2.22. The number of rotatable bonds is 10. The highest BCUT2D eigenvalue weighted by atomic mass is 32.1. The first-order valence-electron chi connectivity index (χ1n) is 9.56. The summed E-state index contributed by atoms with van der Waals surface area (Å²) in [6.45, 7) is 5.98. The van der Waals surface area contributed by atoms with Gasteiger partial charge in [-0.15, -0.1) is 10.2 Å². The summed E-state index contributed by atoms with van der Waals surface area (Å²) in [5, 5.41) is 15.0. The molecule has 2 amide bonds. The molecule has 0 saturated heterocycles. The Morgan fingerprint density at radius 1 is 1.18 bits per heavy atom. The average molecular weight is 405 g/mol. The van der Waals surface area contributed by atoms with Gasteiger partial charge in [-0.2, -0.15) is 0 Å². The molecular formula is C20H28N4O3S. The van der Waals surface area contributed by atoms with Crippen molar-refractivity contribution in [2.24, 2.45) is 5.92 Å². The van der Waals surface area contributed by atoms with Crippen LogP contribution >= 0.6 is 11.3 Å². The molecule has 2 aromatic rings. The summed E-state index contributed by atoms with van der Waals surface area (Å²) >= 11 is 1.29. The first-order valence-corrected chi connectivity index (χ1v) is 10.4. The van der Waals surface area contributed by atoms with E-state index in [0.29, 0.717) is 16.6 Å². The van der Waals surface area contributed by atoms with Gasteiger partial charge in [-0.25, -0.2) is 0 Å². The Kier molecular flexibility index (Phi) is 8.38. The SMILES string of the molecule is CCCCC(=O)NC(C(=O)Nc1nnc(-c2ccc(OC)cc2)s1)C(C)CC. The minimum Gasteiger partial charge on any atom is -0.497 e. The van der Waals surface area contributed by atoms with Crippen molar-refractivity contribution in [1.82, 2.24) is 15.5 Å². The summed E-state index contributed by atoms with van der Waals surface area (Å²) in [5.74, 6) is 0.409. The summed E-state index contributed by atoms with van der Waals surface area (Å²) in [6, 6.07) is 6.88. The van der Waals surface area contributed by atoms with Crippen LogP contribution < -0.4 is 15.4 Å². The molecule has 7 nitrogen and oxygen atoms in total. The molecule has 0 aliphatic carbocycles. The van der Waals surface area contributed by atoms with Crippen LogP contribution in [0.3, 0.4) is 0 Å². The van der Waals surface area contributed by atoms with Gasteiger partial charge in [-0.1, -0.05) is 44.9 Å². The van der Waals surface area contributed by atoms with E-state index in [2.05, 4.69) is 20.8 Å². The van der Waals surface area contributed by atoms with Gasteiger partial charge in [0.25, 0.3) is 0 Å². The van der Waals surface area contributed by atoms with E-state index in [1.54, 1.807) is 7.11 Å². The maximum absolute atomic E-state index is 12.7. The van der Waals surface area contributed by atoms with Crippen LogP contribution in [0.25, 0.3) is 10.6 Å². The van der Waals surface area contributed by atoms with Crippen molar-refractivity contribution >= 4 is 28.3 Å². The smallest absolute Gasteiger partial charge is 0.249 e. The molecule has 1 heterocycles. The first kappa shape index (κ1) is 21.8. The van der Waals surface area contributed by atoms with E-state index in [-0.39, 0.29) is 17.7 Å². The van der Waals surface area contributed by atoms with Gasteiger partial charge in [0.1, 0.15) is 16.8 Å². The van der Waals surface area contributed by atoms with E-state index in [1.165, 1.54) is 11.3 Å². The van der Waals surface area contributed by atoms with Crippen LogP contribution in [0.2, 0.25) is 0 Å². The molecule has 0 aliphatic heterocycles. The third-order valence-corrected chi connectivity index (χ3v) is 5.45. The van der Waals surface area contributed by atoms with Crippen LogP contribution in [0.4, 0.5) is 5.13 Å². The molecule has 0 radical (unpaired) electrons. The fourth-order valence-electron chi connectivity index (χ4n) is 2.59. The Morgan fingerprint density at radius 2 is 1.89 bits per heavy atom. The first-order chi connectivity index (χ1) is 13.5. The quantitative estimate of drug-likeness (QED) is 0.627. The minimum absolute atomic E-state index is 0.0135. The summed E-state index contributed by atoms with van der Waals surface area (Å²) in [4.78, 5) is 24.9. The number of methoxy groups -OCH3 is 1. The summed E-state index contributed by atoms with van der Waals surface area (Å²) in [7, 11) is 1.61. The largest absolute Gasteiger partial charge is 0.497 e. The number of hydrogen-bond donors (Lipinski definition) is 2. The molecule has 2 unspecified atom stereocenters. The molecule has 2 atom stereocenters. The van der Waals surface area contributed by atoms with Crippen molar-refractivity contribution in [1.29, 1.82) is 0 Å². The lowest BCUT2D eigenvalue weighted by Crippen LogP contribution is -2.47. The second-order valence-corrected chi connectivity index (χ2v) is 7.64. The molecule has 1 aromatic heterocycles. The number of amides is 2. The summed E-state index contributed by atoms with van der Waals surface area (Å²) < 4.78 is 5.15. The maximum atomic E-state index is 12.7. The Bertz CT molecular complexity index is 776. The zero-order valence-electron chi connectivity index (χ0n) is 16.8. The number of carbonyl (C=O) groups excluding carboxylic acids is 2. The molecular weight excluding hydrogens is 376 g/mol. The number of hydrogen-bond acceptors (Lipinski definition) is 6. The minimum atomic E-state index is -0.595. The van der Waals surface area contributed by atoms with Crippen molar-refractivity contribution in [2.45, 2.75) is 52.5 Å². The number of carbonyl (C=O) groups is 2. The standard InChI is InChI=1S/C20H28N4O3S/c1-5-7-8-16(25)21-17(13(3)6-2)18(26)22-20-24-23-19(28-20)14-9-11-15(27-4)12-10-14/h9-13,17H,5-8H2,1-4H3,(H,21,25)(H,22,24,26). The number of nitrogens with one attached hydrogen (secondary N) is 2. The van der Waals surface area contributed by atoms with Crippen molar-refractivity contribution in [3.05, 3.63) is 24.3 Å². The van der Waals surface area contributed by atoms with Gasteiger partial charge in [0.15, 0.2) is 0 Å². The van der Waals surface area contributed by atoms with Crippen LogP contribution in [0.15, 0.2) is 24.3 Å². The van der Waals surface area contributed by atoms with E-state index in [1.807, 2.05) is 45.0 Å². The highest BCUT2D eigenvalue weighted by Crippen LogP contribution is 2.28. The maximum Gasteiger partial charge on any atom is 0.249 e. The Morgan fingerprint density at radius 3 is 2.50 bits per heavy atom. The third kappa shape index (κ3) is 6.02. The zero-order chi connectivity index (χ0) is 20.5. The zero-order valence-corrected chi connectivity index (χ0v) is 17.6. The average Bonchev–Trinajstić information content (AvgIpc) is 3.18. The second-order valence-electron chi connectivity index (χ2n) is 6.66. The number of unbranched alkanes of at least 4 members (excludes halogenated alkanes) is 1. The molecule has 28 heavy (non-hydrogen) atoms. The molecule has 0 saturated carbocycles. The molecule has 0 bridgehead atoms. The number of anilines is 1. The molecule has 2 N–H and O–H groups in total. The predicted octanol–water partition coefficient (Wildman–Crippen LogP) is 3.87. The molecule has 0 aliphatic rings. The lowest BCUT2D eigenvalue weighted by atomic mass is 9.98. The van der Waals surface area contributed by atoms with E-state index in [9.17, 15) is 9.59 Å². The van der Waals surface area contributed by atoms with Crippen LogP contribution in [0.5, 0.6) is 5.75 Å². The number of benzene rings is 1. The number of ether oxygens (including phenoxy) is 1. The fourth-order valence-corrected chi connectivity index (χ4v) is 3.34. The Labute approximate surface area is 169 Å². The van der Waals surface area contributed by atoms with Crippen LogP contribution in [-0.4, -0.2) is 35.2 Å². The van der Waals surface area contributed by atoms with E-state index in [4.69, 9.17) is 4.74 Å². The lowest BCUT2D eigenvalue weighted by molar-refractivity contribution is -0.127. The van der Waals surface area contributed by atoms with Gasteiger partial charge in [-0.05, 0) is 36.6 Å². The molecule has 152 valence electrons. The molecule has 0 spiro atoms. The van der Waals surface area contributed by atoms with E-state index in [0.717, 1.165) is 30.6 Å². The van der Waals surface area contributed by atoms with E-state index < -0.39 is 6.04 Å². The van der Waals surface area contributed by atoms with Crippen molar-refractivity contribution < 1.29 is 14.3 Å². The van der Waals surface area contributed by atoms with Gasteiger partial charge in [0.2, 0.25) is 16.9 Å². The second kappa shape index (κ2) is 10.8. The van der Waals surface area contributed by atoms with Crippen LogP contribution in [0.1, 0.15) is 46.5 Å². The Hall–Kier alpha value is -2.48. The van der Waals surface area contributed by atoms with Crippen molar-refractivity contribution in [3.8, 4) is 16.3 Å². The fraction of sp³-hybridized carbons (Fsp3) is 0.500. The highest BCUT2D eigenvalue weighted by Gasteiger charge is 2.26. The normalized spacial score (nSPS) is 12.9. The van der Waals surface area contributed by atoms with Gasteiger partial charge in [-0.3, -0.25) is 14.9 Å². The molecule has 8 heteroatoms. The number of nitrogens with zero attached hydrogens (tertiary/aromatic N) is 2. The van der Waals surface area contributed by atoms with Crippen LogP contribution in [-0.2, 0) is 9.59 Å². The van der Waals surface area contributed by atoms with Crippen molar-refractivity contribution in [2.75, 3.05) is 12.4 Å². The third-order valence-electron chi connectivity index (χ3n) is 4.56. The molecule has 0 fully saturated rings. The predicted molar refractivity (Wildman–Crippen MR) is 111 cm³/mol. The van der Waals surface area contributed by atoms with E-state index >= 15 is 0 Å². The summed E-state index contributed by atoms with van der Waals surface area (Å²) in [5.41, 5.74) is 0.894. The van der Waals surface area contributed by atoms with Gasteiger partial charge < -0.3 is 10.1 Å². The monoisotopic (exact) mass is 404 g/mol. The van der Waals surface area contributed by atoms with Crippen molar-refractivity contribution in [3.63, 3.8) is 0 Å². The van der Waals surface area contributed by atoms with Gasteiger partial charge in [0.05, 0.1) is 7.11 Å². The number of aromatic nitrogens is 2. The molecule has 1 aromatic carbocycles. The Balaban J connectivity index is 2.05. The molecule has 2 rings (SSSR count).